The molecular weight excluding hydrogens is 148 g/mol. The molecule has 12 heavy (non-hydrogen) atoms. The van der Waals surface area contributed by atoms with Crippen molar-refractivity contribution < 1.29 is 0 Å². The molecule has 2 heteroatoms. The highest BCUT2D eigenvalue weighted by Crippen LogP contribution is 2.51. The molecule has 0 amide bonds. The molecule has 0 atom stereocenters. The molecule has 0 radical (unpaired) electrons. The average molecular weight is 168 g/mol. The lowest BCUT2D eigenvalue weighted by Gasteiger charge is -2.32. The first-order chi connectivity index (χ1) is 5.85. The molecule has 0 bridgehead atoms. The highest BCUT2D eigenvalue weighted by molar-refractivity contribution is 4.97. The normalized spacial score (nSPS) is 27.8. The second kappa shape index (κ2) is 3.35. The first-order valence-electron chi connectivity index (χ1n) is 5.27. The molecule has 0 aromatic rings. The van der Waals surface area contributed by atoms with Crippen LogP contribution in [0.5, 0.6) is 0 Å². The van der Waals surface area contributed by atoms with Gasteiger partial charge in [0.15, 0.2) is 0 Å². The standard InChI is InChI=1S/C10H20N2/c11-6-2-8-12-7-1-3-10(9-12)4-5-10/h1-9,11H2. The highest BCUT2D eigenvalue weighted by atomic mass is 15.1. The van der Waals surface area contributed by atoms with E-state index in [0.29, 0.717) is 0 Å². The maximum Gasteiger partial charge on any atom is 0.00380 e. The smallest absolute Gasteiger partial charge is 0.00380 e. The zero-order valence-corrected chi connectivity index (χ0v) is 7.89. The minimum absolute atomic E-state index is 0.785. The molecule has 1 saturated heterocycles. The molecule has 2 N–H and O–H groups in total. The van der Waals surface area contributed by atoms with E-state index in [-0.39, 0.29) is 0 Å². The fraction of sp³-hybridized carbons (Fsp3) is 1.00. The summed E-state index contributed by atoms with van der Waals surface area (Å²) in [5.41, 5.74) is 6.29. The number of hydrogen-bond acceptors (Lipinski definition) is 2. The monoisotopic (exact) mass is 168 g/mol. The minimum atomic E-state index is 0.785. The number of rotatable bonds is 3. The predicted octanol–water partition coefficient (Wildman–Crippen LogP) is 1.21. The van der Waals surface area contributed by atoms with Crippen molar-refractivity contribution >= 4 is 0 Å². The third kappa shape index (κ3) is 1.80. The number of nitrogens with two attached hydrogens (primary N) is 1. The van der Waals surface area contributed by atoms with Gasteiger partial charge in [-0.25, -0.2) is 0 Å². The summed E-state index contributed by atoms with van der Waals surface area (Å²) in [6.07, 6.45) is 7.07. The van der Waals surface area contributed by atoms with E-state index >= 15 is 0 Å². The largest absolute Gasteiger partial charge is 0.330 e. The van der Waals surface area contributed by atoms with Crippen LogP contribution in [0.25, 0.3) is 0 Å². The molecule has 70 valence electrons. The number of nitrogens with zero attached hydrogens (tertiary/aromatic N) is 1. The molecule has 1 saturated carbocycles. The van der Waals surface area contributed by atoms with E-state index in [1.807, 2.05) is 0 Å². The van der Waals surface area contributed by atoms with Gasteiger partial charge in [0.25, 0.3) is 0 Å². The van der Waals surface area contributed by atoms with Crippen LogP contribution in [0, 0.1) is 5.41 Å². The second-order valence-electron chi connectivity index (χ2n) is 4.52. The van der Waals surface area contributed by atoms with Gasteiger partial charge in [-0.05, 0) is 57.2 Å². The summed E-state index contributed by atoms with van der Waals surface area (Å²) in [4.78, 5) is 2.61. The van der Waals surface area contributed by atoms with Crippen molar-refractivity contribution in [2.45, 2.75) is 32.1 Å². The molecule has 1 aliphatic carbocycles. The van der Waals surface area contributed by atoms with E-state index in [4.69, 9.17) is 5.73 Å². The van der Waals surface area contributed by atoms with Crippen LogP contribution in [-0.4, -0.2) is 31.1 Å². The maximum atomic E-state index is 5.50. The summed E-state index contributed by atoms with van der Waals surface area (Å²) in [7, 11) is 0. The van der Waals surface area contributed by atoms with Crippen LogP contribution in [0.2, 0.25) is 0 Å². The summed E-state index contributed by atoms with van der Waals surface area (Å²) >= 11 is 0. The van der Waals surface area contributed by atoms with E-state index in [9.17, 15) is 0 Å². The summed E-state index contributed by atoms with van der Waals surface area (Å²) in [5.74, 6) is 0. The Bertz CT molecular complexity index is 152. The molecule has 0 aromatic carbocycles. The molecule has 2 nitrogen and oxygen atoms in total. The van der Waals surface area contributed by atoms with Crippen molar-refractivity contribution in [3.8, 4) is 0 Å². The van der Waals surface area contributed by atoms with Crippen molar-refractivity contribution in [2.24, 2.45) is 11.1 Å². The van der Waals surface area contributed by atoms with Gasteiger partial charge in [-0.15, -0.1) is 0 Å². The molecule has 0 unspecified atom stereocenters. The third-order valence-corrected chi connectivity index (χ3v) is 3.38. The van der Waals surface area contributed by atoms with Crippen molar-refractivity contribution in [3.63, 3.8) is 0 Å². The van der Waals surface area contributed by atoms with E-state index < -0.39 is 0 Å². The van der Waals surface area contributed by atoms with Crippen LogP contribution in [0.15, 0.2) is 0 Å². The van der Waals surface area contributed by atoms with Gasteiger partial charge < -0.3 is 10.6 Å². The molecule has 2 aliphatic rings. The summed E-state index contributed by atoms with van der Waals surface area (Å²) in [6.45, 7) is 4.77. The summed E-state index contributed by atoms with van der Waals surface area (Å²) < 4.78 is 0. The van der Waals surface area contributed by atoms with Gasteiger partial charge in [0.2, 0.25) is 0 Å². The zero-order chi connectivity index (χ0) is 8.44. The van der Waals surface area contributed by atoms with Gasteiger partial charge in [0.1, 0.15) is 0 Å². The van der Waals surface area contributed by atoms with E-state index in [0.717, 1.165) is 12.0 Å². The van der Waals surface area contributed by atoms with Gasteiger partial charge in [0.05, 0.1) is 0 Å². The molecule has 1 aliphatic heterocycles. The lowest BCUT2D eigenvalue weighted by Crippen LogP contribution is -2.37. The Morgan fingerprint density at radius 1 is 1.25 bits per heavy atom. The van der Waals surface area contributed by atoms with Crippen LogP contribution < -0.4 is 5.73 Å². The van der Waals surface area contributed by atoms with Crippen molar-refractivity contribution in [2.75, 3.05) is 26.2 Å². The Hall–Kier alpha value is -0.0800. The molecule has 1 spiro atoms. The Morgan fingerprint density at radius 3 is 2.75 bits per heavy atom. The van der Waals surface area contributed by atoms with Crippen LogP contribution >= 0.6 is 0 Å². The SMILES string of the molecule is NCCCN1CCCC2(CC2)C1. The summed E-state index contributed by atoms with van der Waals surface area (Å²) in [5, 5.41) is 0. The zero-order valence-electron chi connectivity index (χ0n) is 7.89. The molecule has 2 rings (SSSR count). The highest BCUT2D eigenvalue weighted by Gasteiger charge is 2.44. The quantitative estimate of drug-likeness (QED) is 0.686. The van der Waals surface area contributed by atoms with Crippen LogP contribution in [0.1, 0.15) is 32.1 Å². The van der Waals surface area contributed by atoms with Gasteiger partial charge in [-0.2, -0.15) is 0 Å². The van der Waals surface area contributed by atoms with Gasteiger partial charge >= 0.3 is 0 Å². The Kier molecular flexibility index (Phi) is 2.37. The molecular formula is C10H20N2. The second-order valence-corrected chi connectivity index (χ2v) is 4.52. The molecule has 1 heterocycles. The minimum Gasteiger partial charge on any atom is -0.330 e. The van der Waals surface area contributed by atoms with Crippen LogP contribution in [0.4, 0.5) is 0 Å². The van der Waals surface area contributed by atoms with E-state index in [1.165, 1.54) is 51.7 Å². The van der Waals surface area contributed by atoms with Crippen molar-refractivity contribution in [1.82, 2.24) is 4.90 Å². The lowest BCUT2D eigenvalue weighted by molar-refractivity contribution is 0.160. The Balaban J connectivity index is 1.75. The Labute approximate surface area is 75.1 Å². The van der Waals surface area contributed by atoms with Crippen molar-refractivity contribution in [1.29, 1.82) is 0 Å². The van der Waals surface area contributed by atoms with Crippen LogP contribution in [0.3, 0.4) is 0 Å². The van der Waals surface area contributed by atoms with E-state index in [1.54, 1.807) is 0 Å². The van der Waals surface area contributed by atoms with Gasteiger partial charge in [-0.3, -0.25) is 0 Å². The van der Waals surface area contributed by atoms with E-state index in [2.05, 4.69) is 4.90 Å². The van der Waals surface area contributed by atoms with Crippen LogP contribution in [-0.2, 0) is 0 Å². The summed E-state index contributed by atoms with van der Waals surface area (Å²) in [6, 6.07) is 0. The maximum absolute atomic E-state index is 5.50. The third-order valence-electron chi connectivity index (χ3n) is 3.38. The first kappa shape index (κ1) is 8.52. The fourth-order valence-electron chi connectivity index (χ4n) is 2.40. The molecule has 0 aromatic heterocycles. The Morgan fingerprint density at radius 2 is 2.08 bits per heavy atom. The van der Waals surface area contributed by atoms with Gasteiger partial charge in [0, 0.05) is 6.54 Å². The number of likely N-dealkylation sites (tertiary alicyclic amines) is 1. The topological polar surface area (TPSA) is 29.3 Å². The number of piperidine rings is 1. The predicted molar refractivity (Wildman–Crippen MR) is 51.0 cm³/mol. The van der Waals surface area contributed by atoms with Crippen molar-refractivity contribution in [3.05, 3.63) is 0 Å². The average Bonchev–Trinajstić information content (AvgIpc) is 2.82. The first-order valence-corrected chi connectivity index (χ1v) is 5.27. The van der Waals surface area contributed by atoms with Gasteiger partial charge in [-0.1, -0.05) is 0 Å². The molecule has 2 fully saturated rings. The number of hydrogen-bond donors (Lipinski definition) is 1. The lowest BCUT2D eigenvalue weighted by atomic mass is 9.95. The fourth-order valence-corrected chi connectivity index (χ4v) is 2.40.